The van der Waals surface area contributed by atoms with Gasteiger partial charge in [0.1, 0.15) is 0 Å². The lowest BCUT2D eigenvalue weighted by Crippen LogP contribution is -2.29. The zero-order valence-corrected chi connectivity index (χ0v) is 10.4. The van der Waals surface area contributed by atoms with E-state index in [1.54, 1.807) is 6.20 Å². The Labute approximate surface area is 103 Å². The van der Waals surface area contributed by atoms with Gasteiger partial charge in [-0.1, -0.05) is 6.42 Å². The van der Waals surface area contributed by atoms with E-state index in [4.69, 9.17) is 5.73 Å². The van der Waals surface area contributed by atoms with Gasteiger partial charge in [0, 0.05) is 12.2 Å². The minimum absolute atomic E-state index is 0.536. The third-order valence-corrected chi connectivity index (χ3v) is 4.59. The summed E-state index contributed by atoms with van der Waals surface area (Å²) in [6, 6.07) is 2.50. The number of hydrogen-bond donors (Lipinski definition) is 2. The summed E-state index contributed by atoms with van der Waals surface area (Å²) in [5, 5.41) is 3.57. The zero-order valence-electron chi connectivity index (χ0n) is 10.4. The molecule has 4 unspecified atom stereocenters. The topological polar surface area (TPSA) is 50.9 Å². The molecule has 1 aromatic rings. The van der Waals surface area contributed by atoms with Crippen LogP contribution in [0.15, 0.2) is 18.5 Å². The standard InChI is InChI=1S/C14H21N3/c1-9(14-5-10-2-3-11(14)4-10)17-13-6-12(15)7-16-8-13/h6-11,14,17H,2-5,15H2,1H3. The largest absolute Gasteiger partial charge is 0.397 e. The van der Waals surface area contributed by atoms with Crippen LogP contribution in [-0.2, 0) is 0 Å². The predicted octanol–water partition coefficient (Wildman–Crippen LogP) is 2.90. The summed E-state index contributed by atoms with van der Waals surface area (Å²) in [7, 11) is 0. The average molecular weight is 231 g/mol. The second kappa shape index (κ2) is 4.21. The number of rotatable bonds is 3. The highest BCUT2D eigenvalue weighted by atomic mass is 14.9. The number of nitrogen functional groups attached to an aromatic ring is 1. The summed E-state index contributed by atoms with van der Waals surface area (Å²) in [4.78, 5) is 4.12. The van der Waals surface area contributed by atoms with Crippen LogP contribution in [0.5, 0.6) is 0 Å². The number of fused-ring (bicyclic) bond motifs is 2. The van der Waals surface area contributed by atoms with E-state index < -0.39 is 0 Å². The fourth-order valence-electron chi connectivity index (χ4n) is 3.81. The molecule has 2 aliphatic rings. The molecule has 3 rings (SSSR count). The molecule has 0 aromatic carbocycles. The minimum Gasteiger partial charge on any atom is -0.397 e. The summed E-state index contributed by atoms with van der Waals surface area (Å²) in [6.45, 7) is 2.30. The highest BCUT2D eigenvalue weighted by Gasteiger charge is 2.41. The van der Waals surface area contributed by atoms with Crippen LogP contribution in [-0.4, -0.2) is 11.0 Å². The maximum Gasteiger partial charge on any atom is 0.0549 e. The average Bonchev–Trinajstić information content (AvgIpc) is 2.90. The molecule has 92 valence electrons. The van der Waals surface area contributed by atoms with Gasteiger partial charge in [0.05, 0.1) is 17.6 Å². The Morgan fingerprint density at radius 3 is 2.88 bits per heavy atom. The molecular formula is C14H21N3. The van der Waals surface area contributed by atoms with E-state index in [1.165, 1.54) is 25.7 Å². The van der Waals surface area contributed by atoms with Crippen molar-refractivity contribution in [3.05, 3.63) is 18.5 Å². The van der Waals surface area contributed by atoms with Crippen LogP contribution in [0.25, 0.3) is 0 Å². The number of nitrogens with two attached hydrogens (primary N) is 1. The maximum atomic E-state index is 5.75. The normalized spacial score (nSPS) is 32.6. The van der Waals surface area contributed by atoms with E-state index in [9.17, 15) is 0 Å². The molecule has 0 spiro atoms. The lowest BCUT2D eigenvalue weighted by molar-refractivity contribution is 0.304. The second-order valence-corrected chi connectivity index (χ2v) is 5.78. The van der Waals surface area contributed by atoms with Gasteiger partial charge in [-0.25, -0.2) is 0 Å². The van der Waals surface area contributed by atoms with Gasteiger partial charge < -0.3 is 11.1 Å². The molecule has 3 N–H and O–H groups in total. The Hall–Kier alpha value is -1.25. The van der Waals surface area contributed by atoms with E-state index in [0.717, 1.165) is 29.1 Å². The fourth-order valence-corrected chi connectivity index (χ4v) is 3.81. The van der Waals surface area contributed by atoms with Crippen LogP contribution in [0.3, 0.4) is 0 Å². The van der Waals surface area contributed by atoms with Crippen molar-refractivity contribution in [1.29, 1.82) is 0 Å². The van der Waals surface area contributed by atoms with Gasteiger partial charge >= 0.3 is 0 Å². The highest BCUT2D eigenvalue weighted by Crippen LogP contribution is 2.49. The smallest absolute Gasteiger partial charge is 0.0549 e. The number of aromatic nitrogens is 1. The van der Waals surface area contributed by atoms with Crippen LogP contribution >= 0.6 is 0 Å². The first kappa shape index (κ1) is 10.9. The van der Waals surface area contributed by atoms with Crippen molar-refractivity contribution in [2.45, 2.75) is 38.6 Å². The van der Waals surface area contributed by atoms with Gasteiger partial charge in [-0.2, -0.15) is 0 Å². The minimum atomic E-state index is 0.536. The van der Waals surface area contributed by atoms with Crippen molar-refractivity contribution >= 4 is 11.4 Å². The molecule has 2 aliphatic carbocycles. The van der Waals surface area contributed by atoms with E-state index in [2.05, 4.69) is 17.2 Å². The number of nitrogens with zero attached hydrogens (tertiary/aromatic N) is 1. The summed E-state index contributed by atoms with van der Waals surface area (Å²) < 4.78 is 0. The zero-order chi connectivity index (χ0) is 11.8. The predicted molar refractivity (Wildman–Crippen MR) is 70.7 cm³/mol. The number of pyridine rings is 1. The summed E-state index contributed by atoms with van der Waals surface area (Å²) in [5.41, 5.74) is 7.53. The summed E-state index contributed by atoms with van der Waals surface area (Å²) >= 11 is 0. The SMILES string of the molecule is CC(Nc1cncc(N)c1)C1CC2CCC1C2. The molecule has 2 fully saturated rings. The summed E-state index contributed by atoms with van der Waals surface area (Å²) in [6.07, 6.45) is 9.33. The van der Waals surface area contributed by atoms with E-state index >= 15 is 0 Å². The van der Waals surface area contributed by atoms with Gasteiger partial charge in [-0.15, -0.1) is 0 Å². The van der Waals surface area contributed by atoms with Crippen LogP contribution in [0.4, 0.5) is 11.4 Å². The van der Waals surface area contributed by atoms with Gasteiger partial charge in [-0.3, -0.25) is 4.98 Å². The lowest BCUT2D eigenvalue weighted by atomic mass is 9.84. The van der Waals surface area contributed by atoms with Crippen molar-refractivity contribution < 1.29 is 0 Å². The van der Waals surface area contributed by atoms with Crippen molar-refractivity contribution in [1.82, 2.24) is 4.98 Å². The fraction of sp³-hybridized carbons (Fsp3) is 0.643. The monoisotopic (exact) mass is 231 g/mol. The molecular weight excluding hydrogens is 210 g/mol. The highest BCUT2D eigenvalue weighted by molar-refractivity contribution is 5.51. The molecule has 0 aliphatic heterocycles. The van der Waals surface area contributed by atoms with E-state index in [-0.39, 0.29) is 0 Å². The maximum absolute atomic E-state index is 5.75. The Bertz CT molecular complexity index is 404. The third-order valence-electron chi connectivity index (χ3n) is 4.59. The molecule has 1 heterocycles. The van der Waals surface area contributed by atoms with Gasteiger partial charge in [0.2, 0.25) is 0 Å². The quantitative estimate of drug-likeness (QED) is 0.841. The first-order valence-electron chi connectivity index (χ1n) is 6.69. The van der Waals surface area contributed by atoms with Crippen LogP contribution in [0.1, 0.15) is 32.6 Å². The first-order chi connectivity index (χ1) is 8.22. The number of anilines is 2. The second-order valence-electron chi connectivity index (χ2n) is 5.78. The van der Waals surface area contributed by atoms with Gasteiger partial charge in [-0.05, 0) is 50.0 Å². The molecule has 3 nitrogen and oxygen atoms in total. The van der Waals surface area contributed by atoms with Gasteiger partial charge in [0.25, 0.3) is 0 Å². The van der Waals surface area contributed by atoms with Crippen LogP contribution < -0.4 is 11.1 Å². The van der Waals surface area contributed by atoms with Crippen molar-refractivity contribution in [2.24, 2.45) is 17.8 Å². The summed E-state index contributed by atoms with van der Waals surface area (Å²) in [5.74, 6) is 2.81. The molecule has 0 radical (unpaired) electrons. The van der Waals surface area contributed by atoms with Crippen molar-refractivity contribution in [2.75, 3.05) is 11.1 Å². The Balaban J connectivity index is 1.65. The van der Waals surface area contributed by atoms with E-state index in [1.807, 2.05) is 12.3 Å². The molecule has 17 heavy (non-hydrogen) atoms. The molecule has 0 amide bonds. The molecule has 1 aromatic heterocycles. The van der Waals surface area contributed by atoms with Crippen LogP contribution in [0, 0.1) is 17.8 Å². The molecule has 0 saturated heterocycles. The lowest BCUT2D eigenvalue weighted by Gasteiger charge is -2.29. The molecule has 2 bridgehead atoms. The Kier molecular flexibility index (Phi) is 2.69. The first-order valence-corrected chi connectivity index (χ1v) is 6.69. The number of nitrogens with one attached hydrogen (secondary N) is 1. The molecule has 3 heteroatoms. The van der Waals surface area contributed by atoms with E-state index in [0.29, 0.717) is 6.04 Å². The molecule has 2 saturated carbocycles. The molecule has 4 atom stereocenters. The van der Waals surface area contributed by atoms with Crippen LogP contribution in [0.2, 0.25) is 0 Å². The van der Waals surface area contributed by atoms with Crippen molar-refractivity contribution in [3.63, 3.8) is 0 Å². The third kappa shape index (κ3) is 2.11. The Morgan fingerprint density at radius 2 is 2.24 bits per heavy atom. The van der Waals surface area contributed by atoms with Crippen molar-refractivity contribution in [3.8, 4) is 0 Å². The Morgan fingerprint density at radius 1 is 1.35 bits per heavy atom. The number of hydrogen-bond acceptors (Lipinski definition) is 3. The van der Waals surface area contributed by atoms with Gasteiger partial charge in [0.15, 0.2) is 0 Å².